The number of benzene rings is 1. The van der Waals surface area contributed by atoms with Crippen molar-refractivity contribution in [3.8, 4) is 0 Å². The molecule has 1 aliphatic rings. The number of likely N-dealkylation sites (tertiary alicyclic amines) is 1. The van der Waals surface area contributed by atoms with Crippen LogP contribution in [0.25, 0.3) is 0 Å². The summed E-state index contributed by atoms with van der Waals surface area (Å²) in [6.45, 7) is 6.73. The van der Waals surface area contributed by atoms with Crippen molar-refractivity contribution in [2.45, 2.75) is 33.6 Å². The molecule has 0 aliphatic carbocycles. The molecule has 22 heavy (non-hydrogen) atoms. The molecule has 0 aromatic heterocycles. The van der Waals surface area contributed by atoms with Gasteiger partial charge < -0.3 is 10.2 Å². The van der Waals surface area contributed by atoms with Crippen molar-refractivity contribution >= 4 is 17.5 Å². The summed E-state index contributed by atoms with van der Waals surface area (Å²) < 4.78 is 13.8. The van der Waals surface area contributed by atoms with E-state index in [0.717, 1.165) is 5.56 Å². The van der Waals surface area contributed by atoms with Crippen molar-refractivity contribution < 1.29 is 14.0 Å². The zero-order valence-electron chi connectivity index (χ0n) is 13.4. The maximum absolute atomic E-state index is 13.8. The largest absolute Gasteiger partial charge is 0.342 e. The molecule has 2 amide bonds. The van der Waals surface area contributed by atoms with Crippen LogP contribution in [0.3, 0.4) is 0 Å². The van der Waals surface area contributed by atoms with Gasteiger partial charge in [0.15, 0.2) is 0 Å². The fourth-order valence-electron chi connectivity index (χ4n) is 2.68. The van der Waals surface area contributed by atoms with Gasteiger partial charge in [-0.1, -0.05) is 19.9 Å². The zero-order chi connectivity index (χ0) is 16.3. The van der Waals surface area contributed by atoms with E-state index in [0.29, 0.717) is 25.9 Å². The van der Waals surface area contributed by atoms with E-state index in [1.165, 1.54) is 6.07 Å². The second-order valence-corrected chi connectivity index (χ2v) is 6.23. The van der Waals surface area contributed by atoms with E-state index in [2.05, 4.69) is 5.32 Å². The van der Waals surface area contributed by atoms with E-state index in [4.69, 9.17) is 0 Å². The van der Waals surface area contributed by atoms with Gasteiger partial charge >= 0.3 is 0 Å². The minimum Gasteiger partial charge on any atom is -0.342 e. The SMILES string of the molecule is Cc1ccc(NC(=O)C2CCN(C(=O)C(C)C)CC2)c(F)c1. The molecule has 0 saturated carbocycles. The third-order valence-corrected chi connectivity index (χ3v) is 4.05. The summed E-state index contributed by atoms with van der Waals surface area (Å²) in [5, 5.41) is 2.66. The second-order valence-electron chi connectivity index (χ2n) is 6.23. The molecule has 1 N–H and O–H groups in total. The van der Waals surface area contributed by atoms with E-state index < -0.39 is 5.82 Å². The van der Waals surface area contributed by atoms with Crippen LogP contribution >= 0.6 is 0 Å². The Hall–Kier alpha value is -1.91. The molecule has 1 aromatic rings. The number of aryl methyl sites for hydroxylation is 1. The summed E-state index contributed by atoms with van der Waals surface area (Å²) in [5.74, 6) is -0.646. The van der Waals surface area contributed by atoms with Crippen LogP contribution in [0.15, 0.2) is 18.2 Å². The lowest BCUT2D eigenvalue weighted by atomic mass is 9.95. The lowest BCUT2D eigenvalue weighted by molar-refractivity contribution is -0.137. The van der Waals surface area contributed by atoms with Crippen molar-refractivity contribution in [1.29, 1.82) is 0 Å². The van der Waals surface area contributed by atoms with Crippen molar-refractivity contribution in [3.63, 3.8) is 0 Å². The van der Waals surface area contributed by atoms with Gasteiger partial charge in [0.2, 0.25) is 11.8 Å². The van der Waals surface area contributed by atoms with Crippen LogP contribution in [0.2, 0.25) is 0 Å². The highest BCUT2D eigenvalue weighted by molar-refractivity contribution is 5.93. The number of rotatable bonds is 3. The molecule has 1 fully saturated rings. The topological polar surface area (TPSA) is 49.4 Å². The molecule has 4 nitrogen and oxygen atoms in total. The zero-order valence-corrected chi connectivity index (χ0v) is 13.4. The number of hydrogen-bond acceptors (Lipinski definition) is 2. The first-order chi connectivity index (χ1) is 10.4. The number of nitrogens with zero attached hydrogens (tertiary/aromatic N) is 1. The number of carbonyl (C=O) groups is 2. The monoisotopic (exact) mass is 306 g/mol. The first-order valence-electron chi connectivity index (χ1n) is 7.74. The van der Waals surface area contributed by atoms with Crippen LogP contribution in [-0.2, 0) is 9.59 Å². The molecule has 0 bridgehead atoms. The van der Waals surface area contributed by atoms with Crippen molar-refractivity contribution in [1.82, 2.24) is 4.90 Å². The Labute approximate surface area is 130 Å². The van der Waals surface area contributed by atoms with Gasteiger partial charge in [-0.2, -0.15) is 0 Å². The fraction of sp³-hybridized carbons (Fsp3) is 0.529. The molecule has 120 valence electrons. The number of hydrogen-bond donors (Lipinski definition) is 1. The van der Waals surface area contributed by atoms with Crippen LogP contribution in [0.5, 0.6) is 0 Å². The number of amides is 2. The molecule has 1 heterocycles. The van der Waals surface area contributed by atoms with Crippen molar-refractivity contribution in [3.05, 3.63) is 29.6 Å². The Bertz CT molecular complexity index is 564. The number of carbonyl (C=O) groups excluding carboxylic acids is 2. The van der Waals surface area contributed by atoms with Gasteiger partial charge in [0.1, 0.15) is 5.82 Å². The first kappa shape index (κ1) is 16.5. The highest BCUT2D eigenvalue weighted by Crippen LogP contribution is 2.22. The number of nitrogens with one attached hydrogen (secondary N) is 1. The normalized spacial score (nSPS) is 16.0. The summed E-state index contributed by atoms with van der Waals surface area (Å²) in [6, 6.07) is 4.75. The van der Waals surface area contributed by atoms with E-state index in [1.807, 2.05) is 13.8 Å². The minimum atomic E-state index is -0.416. The predicted molar refractivity (Wildman–Crippen MR) is 83.9 cm³/mol. The highest BCUT2D eigenvalue weighted by atomic mass is 19.1. The standard InChI is InChI=1S/C17H23FN2O2/c1-11(2)17(22)20-8-6-13(7-9-20)16(21)19-15-5-4-12(3)10-14(15)18/h4-5,10-11,13H,6-9H2,1-3H3,(H,19,21). The third-order valence-electron chi connectivity index (χ3n) is 4.05. The quantitative estimate of drug-likeness (QED) is 0.933. The smallest absolute Gasteiger partial charge is 0.227 e. The average molecular weight is 306 g/mol. The molecule has 1 aromatic carbocycles. The van der Waals surface area contributed by atoms with Crippen LogP contribution < -0.4 is 5.32 Å². The van der Waals surface area contributed by atoms with Gasteiger partial charge in [0, 0.05) is 24.9 Å². The summed E-state index contributed by atoms with van der Waals surface area (Å²) in [4.78, 5) is 26.0. The van der Waals surface area contributed by atoms with Crippen LogP contribution in [0.4, 0.5) is 10.1 Å². The summed E-state index contributed by atoms with van der Waals surface area (Å²) in [7, 11) is 0. The summed E-state index contributed by atoms with van der Waals surface area (Å²) in [6.07, 6.45) is 1.25. The molecule has 0 radical (unpaired) electrons. The molecule has 0 atom stereocenters. The first-order valence-corrected chi connectivity index (χ1v) is 7.74. The Morgan fingerprint density at radius 1 is 1.27 bits per heavy atom. The van der Waals surface area contributed by atoms with E-state index >= 15 is 0 Å². The maximum atomic E-state index is 13.8. The Balaban J connectivity index is 1.91. The van der Waals surface area contributed by atoms with Gasteiger partial charge in [-0.05, 0) is 37.5 Å². The van der Waals surface area contributed by atoms with Gasteiger partial charge in [-0.25, -0.2) is 4.39 Å². The van der Waals surface area contributed by atoms with Crippen molar-refractivity contribution in [2.24, 2.45) is 11.8 Å². The number of piperidine rings is 1. The van der Waals surface area contributed by atoms with Gasteiger partial charge in [0.05, 0.1) is 5.69 Å². The molecule has 0 unspecified atom stereocenters. The van der Waals surface area contributed by atoms with Gasteiger partial charge in [0.25, 0.3) is 0 Å². The fourth-order valence-corrected chi connectivity index (χ4v) is 2.68. The third kappa shape index (κ3) is 3.84. The lowest BCUT2D eigenvalue weighted by Gasteiger charge is -2.32. The molecule has 1 aliphatic heterocycles. The molecule has 5 heteroatoms. The van der Waals surface area contributed by atoms with Crippen molar-refractivity contribution in [2.75, 3.05) is 18.4 Å². The average Bonchev–Trinajstić information content (AvgIpc) is 2.49. The lowest BCUT2D eigenvalue weighted by Crippen LogP contribution is -2.43. The molecule has 1 saturated heterocycles. The molecule has 0 spiro atoms. The molecule has 2 rings (SSSR count). The number of anilines is 1. The van der Waals surface area contributed by atoms with Crippen LogP contribution in [0.1, 0.15) is 32.3 Å². The van der Waals surface area contributed by atoms with Crippen LogP contribution in [-0.4, -0.2) is 29.8 Å². The second kappa shape index (κ2) is 6.90. The van der Waals surface area contributed by atoms with Crippen LogP contribution in [0, 0.1) is 24.6 Å². The Kier molecular flexibility index (Phi) is 5.16. The summed E-state index contributed by atoms with van der Waals surface area (Å²) in [5.41, 5.74) is 1.03. The van der Waals surface area contributed by atoms with E-state index in [9.17, 15) is 14.0 Å². The minimum absolute atomic E-state index is 0.0213. The maximum Gasteiger partial charge on any atom is 0.227 e. The summed E-state index contributed by atoms with van der Waals surface area (Å²) >= 11 is 0. The highest BCUT2D eigenvalue weighted by Gasteiger charge is 2.28. The van der Waals surface area contributed by atoms with E-state index in [-0.39, 0.29) is 29.3 Å². The van der Waals surface area contributed by atoms with E-state index in [1.54, 1.807) is 24.0 Å². The molecular formula is C17H23FN2O2. The Morgan fingerprint density at radius 2 is 1.91 bits per heavy atom. The van der Waals surface area contributed by atoms with Gasteiger partial charge in [-0.15, -0.1) is 0 Å². The Morgan fingerprint density at radius 3 is 2.45 bits per heavy atom. The predicted octanol–water partition coefficient (Wildman–Crippen LogP) is 2.97. The van der Waals surface area contributed by atoms with Gasteiger partial charge in [-0.3, -0.25) is 9.59 Å². The molecular weight excluding hydrogens is 283 g/mol. The number of halogens is 1.